The van der Waals surface area contributed by atoms with E-state index in [1.54, 1.807) is 0 Å². The zero-order valence-electron chi connectivity index (χ0n) is 12.4. The molecule has 0 bridgehead atoms. The Bertz CT molecular complexity index is 280. The summed E-state index contributed by atoms with van der Waals surface area (Å²) in [7, 11) is -5.41. The summed E-state index contributed by atoms with van der Waals surface area (Å²) in [5.41, 5.74) is -2.63. The van der Waals surface area contributed by atoms with E-state index in [4.69, 9.17) is 24.3 Å². The van der Waals surface area contributed by atoms with Crippen molar-refractivity contribution < 1.29 is 53.8 Å². The first-order chi connectivity index (χ1) is 10.8. The van der Waals surface area contributed by atoms with Gasteiger partial charge in [0, 0.05) is 0 Å². The molecule has 0 heterocycles. The molecule has 0 spiro atoms. The van der Waals surface area contributed by atoms with Crippen LogP contribution in [-0.4, -0.2) is 92.9 Å². The Balaban J connectivity index is 4.77. The first-order valence-electron chi connectivity index (χ1n) is 6.41. The molecule has 11 nitrogen and oxygen atoms in total. The summed E-state index contributed by atoms with van der Waals surface area (Å²) in [5.74, 6) is 0. The van der Waals surface area contributed by atoms with Crippen LogP contribution >= 0.6 is 17.2 Å². The van der Waals surface area contributed by atoms with Crippen LogP contribution in [0.2, 0.25) is 0 Å². The third kappa shape index (κ3) is 8.89. The Morgan fingerprint density at radius 1 is 0.565 bits per heavy atom. The van der Waals surface area contributed by atoms with Crippen molar-refractivity contribution in [3.63, 3.8) is 0 Å². The molecular formula is C10H24O11P2. The highest BCUT2D eigenvalue weighted by Crippen LogP contribution is 2.34. The molecule has 0 radical (unpaired) electrons. The maximum Gasteiger partial charge on any atom is 0.327 e. The summed E-state index contributed by atoms with van der Waals surface area (Å²) < 4.78 is 14.6. The van der Waals surface area contributed by atoms with Gasteiger partial charge in [0.15, 0.2) is 0 Å². The maximum atomic E-state index is 9.50. The number of rotatable bonds is 14. The molecule has 0 rings (SSSR count). The molecule has 0 amide bonds. The van der Waals surface area contributed by atoms with Crippen LogP contribution in [0.25, 0.3) is 0 Å². The average molecular weight is 382 g/mol. The van der Waals surface area contributed by atoms with Crippen molar-refractivity contribution in [3.8, 4) is 0 Å². The van der Waals surface area contributed by atoms with E-state index in [2.05, 4.69) is 9.05 Å². The van der Waals surface area contributed by atoms with Crippen LogP contribution in [0.5, 0.6) is 0 Å². The zero-order valence-corrected chi connectivity index (χ0v) is 14.1. The standard InChI is InChI=1S/C10H24O11P2/c11-1-9(2-12,3-13)5-19-6-10(4-14,7-20-22(15)16)8-21-23(17)18/h11-18H,1-8H2. The Kier molecular flexibility index (Phi) is 12.1. The summed E-state index contributed by atoms with van der Waals surface area (Å²) in [6.07, 6.45) is 0. The summed E-state index contributed by atoms with van der Waals surface area (Å²) >= 11 is 0. The molecule has 13 heteroatoms. The molecule has 23 heavy (non-hydrogen) atoms. The highest BCUT2D eigenvalue weighted by atomic mass is 31.2. The largest absolute Gasteiger partial charge is 0.396 e. The van der Waals surface area contributed by atoms with Crippen LogP contribution in [0.4, 0.5) is 0 Å². The van der Waals surface area contributed by atoms with E-state index < -0.39 is 67.7 Å². The predicted octanol–water partition coefficient (Wildman–Crippen LogP) is -2.60. The number of aliphatic hydroxyl groups excluding tert-OH is 4. The quantitative estimate of drug-likeness (QED) is 0.147. The van der Waals surface area contributed by atoms with E-state index in [-0.39, 0.29) is 13.2 Å². The average Bonchev–Trinajstić information content (AvgIpc) is 2.54. The van der Waals surface area contributed by atoms with Crippen LogP contribution in [0.1, 0.15) is 0 Å². The zero-order chi connectivity index (χ0) is 17.9. The maximum absolute atomic E-state index is 9.50. The monoisotopic (exact) mass is 382 g/mol. The molecule has 0 saturated heterocycles. The molecule has 0 aliphatic heterocycles. The third-order valence-electron chi connectivity index (χ3n) is 3.13. The van der Waals surface area contributed by atoms with Crippen LogP contribution in [0, 0.1) is 10.8 Å². The summed E-state index contributed by atoms with van der Waals surface area (Å²) in [6, 6.07) is 0. The Hall–Kier alpha value is 0.420. The van der Waals surface area contributed by atoms with Crippen LogP contribution in [0.3, 0.4) is 0 Å². The molecule has 0 atom stereocenters. The van der Waals surface area contributed by atoms with Gasteiger partial charge >= 0.3 is 17.2 Å². The van der Waals surface area contributed by atoms with Gasteiger partial charge in [0.05, 0.1) is 63.7 Å². The van der Waals surface area contributed by atoms with E-state index in [0.29, 0.717) is 0 Å². The first-order valence-corrected chi connectivity index (χ1v) is 8.74. The van der Waals surface area contributed by atoms with Crippen LogP contribution in [-0.2, 0) is 13.8 Å². The van der Waals surface area contributed by atoms with E-state index in [1.165, 1.54) is 0 Å². The lowest BCUT2D eigenvalue weighted by Gasteiger charge is -2.33. The molecule has 0 aromatic carbocycles. The minimum absolute atomic E-state index is 0.266. The minimum Gasteiger partial charge on any atom is -0.396 e. The normalized spacial score (nSPS) is 13.3. The Morgan fingerprint density at radius 2 is 0.913 bits per heavy atom. The molecule has 0 fully saturated rings. The molecule has 0 aliphatic carbocycles. The number of hydrogen-bond donors (Lipinski definition) is 8. The molecule has 0 aromatic rings. The fourth-order valence-corrected chi connectivity index (χ4v) is 2.20. The van der Waals surface area contributed by atoms with Gasteiger partial charge in [-0.2, -0.15) is 0 Å². The van der Waals surface area contributed by atoms with Crippen molar-refractivity contribution in [1.82, 2.24) is 0 Å². The van der Waals surface area contributed by atoms with Crippen molar-refractivity contribution in [2.75, 3.05) is 52.9 Å². The summed E-state index contributed by atoms with van der Waals surface area (Å²) in [6.45, 7) is -3.64. The second kappa shape index (κ2) is 11.9. The third-order valence-corrected chi connectivity index (χ3v) is 3.85. The van der Waals surface area contributed by atoms with Gasteiger partial charge in [0.1, 0.15) is 0 Å². The van der Waals surface area contributed by atoms with E-state index in [9.17, 15) is 20.4 Å². The lowest BCUT2D eigenvalue weighted by atomic mass is 9.91. The molecule has 0 unspecified atom stereocenters. The predicted molar refractivity (Wildman–Crippen MR) is 78.6 cm³/mol. The minimum atomic E-state index is -2.71. The van der Waals surface area contributed by atoms with Gasteiger partial charge in [-0.15, -0.1) is 0 Å². The molecule has 0 saturated carbocycles. The second-order valence-corrected chi connectivity index (χ2v) is 6.70. The van der Waals surface area contributed by atoms with Gasteiger partial charge in [-0.1, -0.05) is 0 Å². The van der Waals surface area contributed by atoms with Crippen molar-refractivity contribution >= 4 is 17.2 Å². The van der Waals surface area contributed by atoms with Gasteiger partial charge in [0.2, 0.25) is 0 Å². The lowest BCUT2D eigenvalue weighted by molar-refractivity contribution is -0.0988. The van der Waals surface area contributed by atoms with Crippen LogP contribution in [0.15, 0.2) is 0 Å². The smallest absolute Gasteiger partial charge is 0.327 e. The van der Waals surface area contributed by atoms with E-state index in [1.807, 2.05) is 0 Å². The summed E-state index contributed by atoms with van der Waals surface area (Å²) in [4.78, 5) is 35.2. The highest BCUT2D eigenvalue weighted by Gasteiger charge is 2.35. The van der Waals surface area contributed by atoms with Gasteiger partial charge in [-0.05, 0) is 0 Å². The molecule has 0 aliphatic rings. The van der Waals surface area contributed by atoms with Gasteiger partial charge in [-0.3, -0.25) is 0 Å². The fraction of sp³-hybridized carbons (Fsp3) is 1.00. The number of aliphatic hydroxyl groups is 4. The van der Waals surface area contributed by atoms with E-state index in [0.717, 1.165) is 0 Å². The SMILES string of the molecule is OCC(CO)(CO)COCC(CO)(COP(O)O)COP(O)O. The summed E-state index contributed by atoms with van der Waals surface area (Å²) in [5, 5.41) is 37.1. The van der Waals surface area contributed by atoms with Gasteiger partial charge in [0.25, 0.3) is 0 Å². The Labute approximate surface area is 135 Å². The highest BCUT2D eigenvalue weighted by molar-refractivity contribution is 7.39. The van der Waals surface area contributed by atoms with Crippen molar-refractivity contribution in [2.45, 2.75) is 0 Å². The van der Waals surface area contributed by atoms with Crippen molar-refractivity contribution in [1.29, 1.82) is 0 Å². The fourth-order valence-electron chi connectivity index (χ4n) is 1.42. The number of hydrogen-bond acceptors (Lipinski definition) is 11. The van der Waals surface area contributed by atoms with Crippen LogP contribution < -0.4 is 0 Å². The van der Waals surface area contributed by atoms with Crippen molar-refractivity contribution in [2.24, 2.45) is 10.8 Å². The van der Waals surface area contributed by atoms with Gasteiger partial charge in [-0.25, -0.2) is 0 Å². The topological polar surface area (TPSA) is 190 Å². The number of ether oxygens (including phenoxy) is 1. The molecule has 140 valence electrons. The van der Waals surface area contributed by atoms with E-state index >= 15 is 0 Å². The molecular weight excluding hydrogens is 358 g/mol. The first kappa shape index (κ1) is 23.4. The van der Waals surface area contributed by atoms with Crippen molar-refractivity contribution in [3.05, 3.63) is 0 Å². The Morgan fingerprint density at radius 3 is 1.22 bits per heavy atom. The lowest BCUT2D eigenvalue weighted by Crippen LogP contribution is -2.43. The molecule has 8 N–H and O–H groups in total. The second-order valence-electron chi connectivity index (χ2n) is 5.18. The molecule has 0 aromatic heterocycles. The van der Waals surface area contributed by atoms with Gasteiger partial charge < -0.3 is 53.8 Å².